The zero-order chi connectivity index (χ0) is 11.5. The van der Waals surface area contributed by atoms with Crippen LogP contribution in [0.4, 0.5) is 11.4 Å². The van der Waals surface area contributed by atoms with E-state index in [1.807, 2.05) is 12.1 Å². The van der Waals surface area contributed by atoms with Crippen LogP contribution in [0, 0.1) is 11.3 Å². The predicted octanol–water partition coefficient (Wildman–Crippen LogP) is 0.892. The van der Waals surface area contributed by atoms with E-state index in [4.69, 9.17) is 11.0 Å². The summed E-state index contributed by atoms with van der Waals surface area (Å²) >= 11 is 0. The van der Waals surface area contributed by atoms with Gasteiger partial charge in [-0.05, 0) is 25.2 Å². The summed E-state index contributed by atoms with van der Waals surface area (Å²) in [6.07, 6.45) is 0. The molecule has 0 saturated carbocycles. The maximum Gasteiger partial charge on any atom is 0.101 e. The highest BCUT2D eigenvalue weighted by Gasteiger charge is 2.16. The van der Waals surface area contributed by atoms with Gasteiger partial charge in [-0.25, -0.2) is 0 Å². The Labute approximate surface area is 95.9 Å². The monoisotopic (exact) mass is 216 g/mol. The molecule has 2 N–H and O–H groups in total. The van der Waals surface area contributed by atoms with Crippen LogP contribution in [0.5, 0.6) is 0 Å². The fourth-order valence-electron chi connectivity index (χ4n) is 1.97. The Bertz CT molecular complexity index is 414. The normalized spacial score (nSPS) is 17.1. The van der Waals surface area contributed by atoms with Crippen molar-refractivity contribution in [1.29, 1.82) is 5.26 Å². The average Bonchev–Trinajstić information content (AvgIpc) is 2.30. The van der Waals surface area contributed by atoms with Crippen molar-refractivity contribution in [2.45, 2.75) is 0 Å². The maximum atomic E-state index is 9.08. The number of hydrogen-bond donors (Lipinski definition) is 1. The molecule has 1 fully saturated rings. The van der Waals surface area contributed by atoms with Crippen LogP contribution in [-0.2, 0) is 0 Å². The van der Waals surface area contributed by atoms with Gasteiger partial charge in [-0.1, -0.05) is 0 Å². The Morgan fingerprint density at radius 3 is 2.56 bits per heavy atom. The van der Waals surface area contributed by atoms with Gasteiger partial charge in [0.2, 0.25) is 0 Å². The van der Waals surface area contributed by atoms with Gasteiger partial charge in [-0.15, -0.1) is 0 Å². The van der Waals surface area contributed by atoms with Crippen molar-refractivity contribution in [2.24, 2.45) is 0 Å². The second-order valence-corrected chi connectivity index (χ2v) is 4.18. The maximum absolute atomic E-state index is 9.08. The topological polar surface area (TPSA) is 56.3 Å². The molecule has 0 spiro atoms. The quantitative estimate of drug-likeness (QED) is 0.708. The van der Waals surface area contributed by atoms with Gasteiger partial charge in [0.25, 0.3) is 0 Å². The molecule has 0 atom stereocenters. The molecule has 1 aromatic carbocycles. The van der Waals surface area contributed by atoms with E-state index in [2.05, 4.69) is 22.9 Å². The first-order chi connectivity index (χ1) is 7.70. The number of piperazine rings is 1. The first kappa shape index (κ1) is 10.8. The Hall–Kier alpha value is -1.73. The van der Waals surface area contributed by atoms with Crippen LogP contribution in [0.3, 0.4) is 0 Å². The van der Waals surface area contributed by atoms with Gasteiger partial charge in [0.1, 0.15) is 6.07 Å². The zero-order valence-corrected chi connectivity index (χ0v) is 9.48. The third kappa shape index (κ3) is 2.10. The van der Waals surface area contributed by atoms with E-state index in [9.17, 15) is 0 Å². The molecule has 1 heterocycles. The smallest absolute Gasteiger partial charge is 0.101 e. The minimum absolute atomic E-state index is 0.648. The van der Waals surface area contributed by atoms with E-state index in [1.165, 1.54) is 0 Å². The minimum atomic E-state index is 0.648. The minimum Gasteiger partial charge on any atom is -0.399 e. The Kier molecular flexibility index (Phi) is 2.97. The molecule has 1 aromatic rings. The highest BCUT2D eigenvalue weighted by molar-refractivity contribution is 5.64. The summed E-state index contributed by atoms with van der Waals surface area (Å²) in [4.78, 5) is 4.54. The molecule has 1 aliphatic heterocycles. The molecule has 4 heteroatoms. The van der Waals surface area contributed by atoms with Crippen molar-refractivity contribution in [3.8, 4) is 6.07 Å². The van der Waals surface area contributed by atoms with Gasteiger partial charge in [0.05, 0.1) is 11.3 Å². The lowest BCUT2D eigenvalue weighted by atomic mass is 10.1. The summed E-state index contributed by atoms with van der Waals surface area (Å²) in [5, 5.41) is 9.08. The zero-order valence-electron chi connectivity index (χ0n) is 9.48. The third-order valence-corrected chi connectivity index (χ3v) is 2.99. The molecule has 1 saturated heterocycles. The summed E-state index contributed by atoms with van der Waals surface area (Å²) < 4.78 is 0. The molecule has 1 aliphatic rings. The Balaban J connectivity index is 2.24. The summed E-state index contributed by atoms with van der Waals surface area (Å²) in [5.74, 6) is 0. The summed E-state index contributed by atoms with van der Waals surface area (Å²) in [6, 6.07) is 7.75. The van der Waals surface area contributed by atoms with Crippen molar-refractivity contribution in [3.05, 3.63) is 23.8 Å². The lowest BCUT2D eigenvalue weighted by Gasteiger charge is -2.34. The Morgan fingerprint density at radius 1 is 1.25 bits per heavy atom. The molecule has 16 heavy (non-hydrogen) atoms. The van der Waals surface area contributed by atoms with E-state index >= 15 is 0 Å². The van der Waals surface area contributed by atoms with E-state index in [-0.39, 0.29) is 0 Å². The molecule has 0 amide bonds. The van der Waals surface area contributed by atoms with Crippen LogP contribution in [0.2, 0.25) is 0 Å². The molecule has 0 aromatic heterocycles. The SMILES string of the molecule is CN1CCN(c2ccc(N)cc2C#N)CC1. The second-order valence-electron chi connectivity index (χ2n) is 4.18. The number of hydrogen-bond acceptors (Lipinski definition) is 4. The fourth-order valence-corrected chi connectivity index (χ4v) is 1.97. The number of benzene rings is 1. The molecule has 0 radical (unpaired) electrons. The first-order valence-electron chi connectivity index (χ1n) is 5.44. The molecular weight excluding hydrogens is 200 g/mol. The Morgan fingerprint density at radius 2 is 1.94 bits per heavy atom. The van der Waals surface area contributed by atoms with Gasteiger partial charge in [-0.3, -0.25) is 0 Å². The van der Waals surface area contributed by atoms with Crippen molar-refractivity contribution in [3.63, 3.8) is 0 Å². The standard InChI is InChI=1S/C12H16N4/c1-15-4-6-16(7-5-15)12-3-2-11(14)8-10(12)9-13/h2-3,8H,4-7,14H2,1H3. The number of nitrogens with zero attached hydrogens (tertiary/aromatic N) is 3. The van der Waals surface area contributed by atoms with Crippen LogP contribution in [-0.4, -0.2) is 38.1 Å². The number of rotatable bonds is 1. The number of anilines is 2. The fraction of sp³-hybridized carbons (Fsp3) is 0.417. The van der Waals surface area contributed by atoms with Crippen LogP contribution in [0.1, 0.15) is 5.56 Å². The molecule has 84 valence electrons. The lowest BCUT2D eigenvalue weighted by Crippen LogP contribution is -2.44. The van der Waals surface area contributed by atoms with E-state index in [0.717, 1.165) is 31.9 Å². The van der Waals surface area contributed by atoms with Gasteiger partial charge < -0.3 is 15.5 Å². The number of nitriles is 1. The van der Waals surface area contributed by atoms with Crippen molar-refractivity contribution >= 4 is 11.4 Å². The lowest BCUT2D eigenvalue weighted by molar-refractivity contribution is 0.313. The summed E-state index contributed by atoms with van der Waals surface area (Å²) in [6.45, 7) is 4.01. The van der Waals surface area contributed by atoms with E-state index < -0.39 is 0 Å². The number of nitrogen functional groups attached to an aromatic ring is 1. The largest absolute Gasteiger partial charge is 0.399 e. The molecule has 2 rings (SSSR count). The summed E-state index contributed by atoms with van der Waals surface area (Å²) in [5.41, 5.74) is 8.00. The summed E-state index contributed by atoms with van der Waals surface area (Å²) in [7, 11) is 2.12. The molecular formula is C12H16N4. The average molecular weight is 216 g/mol. The number of nitrogens with two attached hydrogens (primary N) is 1. The van der Waals surface area contributed by atoms with Crippen LogP contribution in [0.15, 0.2) is 18.2 Å². The van der Waals surface area contributed by atoms with E-state index in [1.54, 1.807) is 6.07 Å². The first-order valence-corrected chi connectivity index (χ1v) is 5.44. The molecule has 4 nitrogen and oxygen atoms in total. The van der Waals surface area contributed by atoms with Crippen LogP contribution < -0.4 is 10.6 Å². The van der Waals surface area contributed by atoms with Gasteiger partial charge in [-0.2, -0.15) is 5.26 Å². The van der Waals surface area contributed by atoms with Gasteiger partial charge >= 0.3 is 0 Å². The van der Waals surface area contributed by atoms with Crippen molar-refractivity contribution in [2.75, 3.05) is 43.9 Å². The molecule has 0 aliphatic carbocycles. The third-order valence-electron chi connectivity index (χ3n) is 2.99. The predicted molar refractivity (Wildman–Crippen MR) is 65.3 cm³/mol. The highest BCUT2D eigenvalue weighted by Crippen LogP contribution is 2.23. The van der Waals surface area contributed by atoms with Gasteiger partial charge in [0, 0.05) is 31.9 Å². The van der Waals surface area contributed by atoms with Crippen LogP contribution in [0.25, 0.3) is 0 Å². The second kappa shape index (κ2) is 4.42. The molecule has 0 unspecified atom stereocenters. The van der Waals surface area contributed by atoms with Gasteiger partial charge in [0.15, 0.2) is 0 Å². The molecule has 0 bridgehead atoms. The van der Waals surface area contributed by atoms with Crippen molar-refractivity contribution < 1.29 is 0 Å². The van der Waals surface area contributed by atoms with Crippen LogP contribution >= 0.6 is 0 Å². The van der Waals surface area contributed by atoms with Crippen molar-refractivity contribution in [1.82, 2.24) is 4.90 Å². The highest BCUT2D eigenvalue weighted by atomic mass is 15.2. The van der Waals surface area contributed by atoms with E-state index in [0.29, 0.717) is 11.3 Å². The number of likely N-dealkylation sites (N-methyl/N-ethyl adjacent to an activating group) is 1.